The summed E-state index contributed by atoms with van der Waals surface area (Å²) in [7, 11) is 2.71. The van der Waals surface area contributed by atoms with Gasteiger partial charge in [-0.3, -0.25) is 14.5 Å². The molecule has 0 unspecified atom stereocenters. The molecule has 1 aliphatic rings. The molecule has 0 saturated carbocycles. The van der Waals surface area contributed by atoms with Gasteiger partial charge in [0.25, 0.3) is 5.91 Å². The van der Waals surface area contributed by atoms with Gasteiger partial charge in [0.05, 0.1) is 37.4 Å². The van der Waals surface area contributed by atoms with Gasteiger partial charge >= 0.3 is 6.09 Å². The second-order valence-corrected chi connectivity index (χ2v) is 7.98. The van der Waals surface area contributed by atoms with Crippen molar-refractivity contribution in [1.82, 2.24) is 14.4 Å². The Hall–Kier alpha value is -4.47. The third kappa shape index (κ3) is 4.03. The Morgan fingerprint density at radius 1 is 1.06 bits per heavy atom. The number of aromatic nitrogens is 3. The lowest BCUT2D eigenvalue weighted by Gasteiger charge is -2.30. The fourth-order valence-electron chi connectivity index (χ4n) is 4.30. The van der Waals surface area contributed by atoms with Crippen molar-refractivity contribution >= 4 is 29.2 Å². The maximum atomic E-state index is 14.2. The van der Waals surface area contributed by atoms with Crippen LogP contribution in [0.2, 0.25) is 0 Å². The van der Waals surface area contributed by atoms with Crippen LogP contribution in [0.15, 0.2) is 55.0 Å². The molecule has 0 fully saturated rings. The van der Waals surface area contributed by atoms with Gasteiger partial charge in [-0.2, -0.15) is 0 Å². The Kier molecular flexibility index (Phi) is 5.77. The van der Waals surface area contributed by atoms with E-state index in [0.717, 1.165) is 11.3 Å². The molecule has 5 rings (SSSR count). The van der Waals surface area contributed by atoms with Crippen LogP contribution in [-0.2, 0) is 11.2 Å². The van der Waals surface area contributed by atoms with Gasteiger partial charge in [0.15, 0.2) is 11.6 Å². The third-order valence-corrected chi connectivity index (χ3v) is 5.96. The van der Waals surface area contributed by atoms with E-state index >= 15 is 0 Å². The first-order valence-corrected chi connectivity index (χ1v) is 11.0. The van der Waals surface area contributed by atoms with E-state index in [-0.39, 0.29) is 11.7 Å². The molecule has 1 aromatic carbocycles. The standard InChI is InChI=1S/C25H22FN5O4/c1-34-23-17-4-3-11-30(19(17)8-7-18(23)26)24(32)16-6-10-22-28-13-20(31(22)14-16)15-5-9-21(27-12-15)29-25(33)35-2/h5-10,12-14H,3-4,11H2,1-2H3,(H,27,29,33). The number of anilines is 2. The highest BCUT2D eigenvalue weighted by Gasteiger charge is 2.27. The molecule has 35 heavy (non-hydrogen) atoms. The van der Waals surface area contributed by atoms with Gasteiger partial charge in [-0.05, 0) is 49.2 Å². The van der Waals surface area contributed by atoms with E-state index in [1.54, 1.807) is 53.8 Å². The number of nitrogens with one attached hydrogen (secondary N) is 1. The van der Waals surface area contributed by atoms with E-state index in [1.807, 2.05) is 4.40 Å². The highest BCUT2D eigenvalue weighted by molar-refractivity contribution is 6.07. The van der Waals surface area contributed by atoms with Crippen molar-refractivity contribution in [2.45, 2.75) is 12.8 Å². The fraction of sp³-hybridized carbons (Fsp3) is 0.200. The zero-order valence-electron chi connectivity index (χ0n) is 19.1. The van der Waals surface area contributed by atoms with E-state index in [4.69, 9.17) is 4.74 Å². The third-order valence-electron chi connectivity index (χ3n) is 5.96. The van der Waals surface area contributed by atoms with Crippen LogP contribution in [-0.4, -0.2) is 47.1 Å². The van der Waals surface area contributed by atoms with Gasteiger partial charge < -0.3 is 14.4 Å². The number of nitrogens with zero attached hydrogens (tertiary/aromatic N) is 4. The molecule has 0 atom stereocenters. The van der Waals surface area contributed by atoms with Gasteiger partial charge in [0, 0.05) is 30.1 Å². The second-order valence-electron chi connectivity index (χ2n) is 7.98. The predicted molar refractivity (Wildman–Crippen MR) is 127 cm³/mol. The topological polar surface area (TPSA) is 98.1 Å². The Balaban J connectivity index is 1.48. The number of methoxy groups -OCH3 is 2. The fourth-order valence-corrected chi connectivity index (χ4v) is 4.30. The number of fused-ring (bicyclic) bond motifs is 2. The number of imidazole rings is 1. The van der Waals surface area contributed by atoms with Gasteiger partial charge in [-0.15, -0.1) is 0 Å². The minimum atomic E-state index is -0.608. The molecule has 10 heteroatoms. The minimum Gasteiger partial charge on any atom is -0.493 e. The second kappa shape index (κ2) is 9.05. The summed E-state index contributed by atoms with van der Waals surface area (Å²) in [6, 6.07) is 9.89. The number of hydrogen-bond acceptors (Lipinski definition) is 6. The summed E-state index contributed by atoms with van der Waals surface area (Å²) in [5.41, 5.74) is 3.96. The number of carbonyl (C=O) groups excluding carboxylic acids is 2. The summed E-state index contributed by atoms with van der Waals surface area (Å²) < 4.78 is 25.9. The van der Waals surface area contributed by atoms with Crippen molar-refractivity contribution in [3.63, 3.8) is 0 Å². The lowest BCUT2D eigenvalue weighted by Crippen LogP contribution is -2.35. The Labute approximate surface area is 200 Å². The molecule has 1 aliphatic heterocycles. The molecular formula is C25H22FN5O4. The summed E-state index contributed by atoms with van der Waals surface area (Å²) in [5.74, 6) is -0.103. The Bertz CT molecular complexity index is 1430. The first-order valence-electron chi connectivity index (χ1n) is 11.0. The summed E-state index contributed by atoms with van der Waals surface area (Å²) in [4.78, 5) is 35.2. The number of halogens is 1. The van der Waals surface area contributed by atoms with Crippen LogP contribution in [0.4, 0.5) is 20.7 Å². The van der Waals surface area contributed by atoms with Crippen LogP contribution >= 0.6 is 0 Å². The van der Waals surface area contributed by atoms with E-state index in [9.17, 15) is 14.0 Å². The van der Waals surface area contributed by atoms with Crippen LogP contribution in [0, 0.1) is 5.82 Å². The van der Waals surface area contributed by atoms with Gasteiger partial charge in [-0.1, -0.05) is 0 Å². The van der Waals surface area contributed by atoms with Crippen molar-refractivity contribution in [3.05, 3.63) is 71.9 Å². The number of amides is 2. The first kappa shape index (κ1) is 22.3. The van der Waals surface area contributed by atoms with Crippen molar-refractivity contribution in [3.8, 4) is 17.0 Å². The largest absolute Gasteiger partial charge is 0.493 e. The molecule has 1 N–H and O–H groups in total. The number of rotatable bonds is 4. The van der Waals surface area contributed by atoms with Gasteiger partial charge in [0.2, 0.25) is 0 Å². The maximum absolute atomic E-state index is 14.2. The lowest BCUT2D eigenvalue weighted by molar-refractivity contribution is 0.0984. The van der Waals surface area contributed by atoms with Crippen LogP contribution in [0.1, 0.15) is 22.3 Å². The summed E-state index contributed by atoms with van der Waals surface area (Å²) in [5, 5.41) is 2.50. The van der Waals surface area contributed by atoms with Gasteiger partial charge in [0.1, 0.15) is 11.5 Å². The Morgan fingerprint density at radius 3 is 2.66 bits per heavy atom. The molecule has 4 heterocycles. The molecule has 0 radical (unpaired) electrons. The van der Waals surface area contributed by atoms with Crippen LogP contribution < -0.4 is 15.0 Å². The number of benzene rings is 1. The molecule has 0 aliphatic carbocycles. The highest BCUT2D eigenvalue weighted by atomic mass is 19.1. The highest BCUT2D eigenvalue weighted by Crippen LogP contribution is 2.37. The average Bonchev–Trinajstić information content (AvgIpc) is 3.31. The van der Waals surface area contributed by atoms with Crippen LogP contribution in [0.3, 0.4) is 0 Å². The zero-order valence-corrected chi connectivity index (χ0v) is 19.1. The smallest absolute Gasteiger partial charge is 0.412 e. The molecule has 2 amide bonds. The molecule has 9 nitrogen and oxygen atoms in total. The van der Waals surface area contributed by atoms with Crippen molar-refractivity contribution in [1.29, 1.82) is 0 Å². The number of pyridine rings is 2. The van der Waals surface area contributed by atoms with Crippen molar-refractivity contribution in [2.75, 3.05) is 31.0 Å². The van der Waals surface area contributed by atoms with Gasteiger partial charge in [-0.25, -0.2) is 19.2 Å². The summed E-state index contributed by atoms with van der Waals surface area (Å²) in [6.45, 7) is 0.522. The van der Waals surface area contributed by atoms with E-state index < -0.39 is 11.9 Å². The quantitative estimate of drug-likeness (QED) is 0.472. The molecule has 4 aromatic rings. The maximum Gasteiger partial charge on any atom is 0.412 e. The molecule has 0 bridgehead atoms. The van der Waals surface area contributed by atoms with E-state index in [1.165, 1.54) is 20.3 Å². The predicted octanol–water partition coefficient (Wildman–Crippen LogP) is 4.32. The summed E-state index contributed by atoms with van der Waals surface area (Å²) >= 11 is 0. The van der Waals surface area contributed by atoms with Crippen LogP contribution in [0.5, 0.6) is 5.75 Å². The van der Waals surface area contributed by atoms with Crippen molar-refractivity contribution < 1.29 is 23.5 Å². The number of ether oxygens (including phenoxy) is 2. The molecule has 3 aromatic heterocycles. The molecule has 178 valence electrons. The first-order chi connectivity index (χ1) is 17.0. The normalized spacial score (nSPS) is 12.8. The monoisotopic (exact) mass is 475 g/mol. The van der Waals surface area contributed by atoms with Crippen molar-refractivity contribution in [2.24, 2.45) is 0 Å². The molecular weight excluding hydrogens is 453 g/mol. The summed E-state index contributed by atoms with van der Waals surface area (Å²) in [6.07, 6.45) is 5.76. The molecule has 0 spiro atoms. The number of carbonyl (C=O) groups is 2. The SMILES string of the molecule is COC(=O)Nc1ccc(-c2cnc3ccc(C(=O)N4CCCc5c4ccc(F)c5OC)cn23)cn1. The van der Waals surface area contributed by atoms with E-state index in [0.29, 0.717) is 47.7 Å². The minimum absolute atomic E-state index is 0.185. The Morgan fingerprint density at radius 2 is 1.91 bits per heavy atom. The van der Waals surface area contributed by atoms with Crippen LogP contribution in [0.25, 0.3) is 16.9 Å². The lowest BCUT2D eigenvalue weighted by atomic mass is 9.99. The number of hydrogen-bond donors (Lipinski definition) is 1. The molecule has 0 saturated heterocycles. The zero-order chi connectivity index (χ0) is 24.5. The van der Waals surface area contributed by atoms with E-state index in [2.05, 4.69) is 20.0 Å². The average molecular weight is 475 g/mol.